The van der Waals surface area contributed by atoms with Crippen LogP contribution in [-0.4, -0.2) is 15.0 Å². The van der Waals surface area contributed by atoms with Gasteiger partial charge in [-0.3, -0.25) is 0 Å². The Morgan fingerprint density at radius 3 is 1.83 bits per heavy atom. The van der Waals surface area contributed by atoms with Crippen LogP contribution in [0.4, 0.5) is 0 Å². The van der Waals surface area contributed by atoms with Crippen LogP contribution in [0.1, 0.15) is 28.2 Å². The summed E-state index contributed by atoms with van der Waals surface area (Å²) in [5.41, 5.74) is 9.86. The summed E-state index contributed by atoms with van der Waals surface area (Å²) in [5, 5.41) is 2.33. The number of para-hydroxylation sites is 1. The smallest absolute Gasteiger partial charge is 0.164 e. The van der Waals surface area contributed by atoms with E-state index >= 15 is 0 Å². The molecule has 2 aliphatic carbocycles. The van der Waals surface area contributed by atoms with E-state index in [0.29, 0.717) is 17.5 Å². The van der Waals surface area contributed by atoms with Crippen molar-refractivity contribution in [1.29, 1.82) is 0 Å². The van der Waals surface area contributed by atoms with E-state index in [-0.39, 0.29) is 17.3 Å². The molecule has 0 N–H and O–H groups in total. The van der Waals surface area contributed by atoms with Gasteiger partial charge in [0.2, 0.25) is 0 Å². The van der Waals surface area contributed by atoms with Crippen molar-refractivity contribution in [3.8, 4) is 56.8 Å². The topological polar surface area (TPSA) is 47.9 Å². The summed E-state index contributed by atoms with van der Waals surface area (Å²) in [4.78, 5) is 15.0. The van der Waals surface area contributed by atoms with Crippen LogP contribution in [-0.2, 0) is 5.41 Å². The minimum absolute atomic E-state index is 0.223. The molecule has 1 spiro atoms. The number of benzene rings is 7. The lowest BCUT2D eigenvalue weighted by molar-refractivity contribution is 0.374. The zero-order chi connectivity index (χ0) is 35.6. The summed E-state index contributed by atoms with van der Waals surface area (Å²) < 4.78 is 6.68. The lowest BCUT2D eigenvalue weighted by Crippen LogP contribution is -2.37. The first-order chi connectivity index (χ1) is 26.7. The molecule has 3 atom stereocenters. The Kier molecular flexibility index (Phi) is 6.86. The van der Waals surface area contributed by atoms with E-state index in [1.54, 1.807) is 0 Å². The predicted octanol–water partition coefficient (Wildman–Crippen LogP) is 12.0. The molecule has 7 aromatic carbocycles. The molecule has 3 aliphatic rings. The van der Waals surface area contributed by atoms with Gasteiger partial charge in [0.05, 0.1) is 5.41 Å². The molecule has 3 unspecified atom stereocenters. The first kappa shape index (κ1) is 30.7. The Labute approximate surface area is 313 Å². The van der Waals surface area contributed by atoms with E-state index in [1.807, 2.05) is 30.3 Å². The monoisotopic (exact) mass is 691 g/mol. The quantitative estimate of drug-likeness (QED) is 0.184. The number of ether oxygens (including phenoxy) is 1. The molecule has 8 aromatic rings. The number of nitrogens with zero attached hydrogens (tertiary/aromatic N) is 3. The molecule has 1 aromatic heterocycles. The molecule has 11 rings (SSSR count). The Hall–Kier alpha value is -6.91. The zero-order valence-electron chi connectivity index (χ0n) is 29.3. The van der Waals surface area contributed by atoms with Gasteiger partial charge in [0, 0.05) is 39.7 Å². The molecular weight excluding hydrogens is 659 g/mol. The summed E-state index contributed by atoms with van der Waals surface area (Å²) in [6.07, 6.45) is 9.18. The standard InChI is InChI=1S/C50H33N3O/c1-2-13-34(14-3-1)47-51-48(53-49(52-47)38-27-24-32-12-4-5-15-36(32)30-38)35-25-22-33(23-26-35)37-28-29-46-44(31-37)50(43-20-10-11-21-45(43)54-46)41-18-8-6-16-39(41)40-17-7-9-19-42(40)50/h1-31,39,41H. The fourth-order valence-corrected chi connectivity index (χ4v) is 9.04. The number of fused-ring (bicyclic) bond motifs is 10. The third kappa shape index (κ3) is 4.66. The number of rotatable bonds is 4. The molecule has 0 radical (unpaired) electrons. The molecule has 0 saturated heterocycles. The molecule has 54 heavy (non-hydrogen) atoms. The zero-order valence-corrected chi connectivity index (χ0v) is 29.3. The molecule has 1 aliphatic heterocycles. The van der Waals surface area contributed by atoms with Gasteiger partial charge in [-0.25, -0.2) is 15.0 Å². The van der Waals surface area contributed by atoms with Crippen LogP contribution in [0.25, 0.3) is 56.1 Å². The fraction of sp³-hybridized carbons (Fsp3) is 0.0600. The van der Waals surface area contributed by atoms with Gasteiger partial charge in [0.15, 0.2) is 17.5 Å². The van der Waals surface area contributed by atoms with Crippen LogP contribution >= 0.6 is 0 Å². The number of hydrogen-bond donors (Lipinski definition) is 0. The van der Waals surface area contributed by atoms with Crippen LogP contribution < -0.4 is 4.74 Å². The van der Waals surface area contributed by atoms with Crippen molar-refractivity contribution in [3.63, 3.8) is 0 Å². The molecule has 2 heterocycles. The molecule has 4 nitrogen and oxygen atoms in total. The molecule has 0 amide bonds. The van der Waals surface area contributed by atoms with Crippen LogP contribution in [0.2, 0.25) is 0 Å². The maximum Gasteiger partial charge on any atom is 0.164 e. The van der Waals surface area contributed by atoms with Crippen molar-refractivity contribution >= 4 is 10.8 Å². The highest BCUT2D eigenvalue weighted by Crippen LogP contribution is 2.64. The van der Waals surface area contributed by atoms with Crippen molar-refractivity contribution in [1.82, 2.24) is 15.0 Å². The Morgan fingerprint density at radius 1 is 0.407 bits per heavy atom. The Bertz CT molecular complexity index is 2820. The lowest BCUT2D eigenvalue weighted by Gasteiger charge is -2.43. The predicted molar refractivity (Wildman–Crippen MR) is 216 cm³/mol. The van der Waals surface area contributed by atoms with E-state index in [2.05, 4.69) is 158 Å². The Morgan fingerprint density at radius 2 is 1.00 bits per heavy atom. The van der Waals surface area contributed by atoms with E-state index in [9.17, 15) is 0 Å². The third-order valence-corrected chi connectivity index (χ3v) is 11.5. The van der Waals surface area contributed by atoms with Crippen LogP contribution in [0.15, 0.2) is 188 Å². The number of aromatic nitrogens is 3. The summed E-state index contributed by atoms with van der Waals surface area (Å²) in [6.45, 7) is 0. The SMILES string of the molecule is C1=CC2c3ccccc3C3(c4ccccc4Oc4ccc(-c5ccc(-c6nc(-c7ccccc7)nc(-c7ccc8ccccc8c7)n6)cc5)cc43)C2C=C1. The van der Waals surface area contributed by atoms with Crippen molar-refractivity contribution < 1.29 is 4.74 Å². The minimum atomic E-state index is -0.388. The van der Waals surface area contributed by atoms with Gasteiger partial charge < -0.3 is 4.74 Å². The summed E-state index contributed by atoms with van der Waals surface area (Å²) in [5.74, 6) is 4.28. The lowest BCUT2D eigenvalue weighted by atomic mass is 9.61. The molecule has 0 bridgehead atoms. The maximum absolute atomic E-state index is 6.68. The van der Waals surface area contributed by atoms with Gasteiger partial charge in [-0.1, -0.05) is 164 Å². The summed E-state index contributed by atoms with van der Waals surface area (Å²) >= 11 is 0. The summed E-state index contributed by atoms with van der Waals surface area (Å²) in [7, 11) is 0. The van der Waals surface area contributed by atoms with Crippen LogP contribution in [0.5, 0.6) is 11.5 Å². The normalized spacial score (nSPS) is 18.8. The molecular formula is C50H33N3O. The molecule has 4 heteroatoms. The van der Waals surface area contributed by atoms with Gasteiger partial charge in [0.1, 0.15) is 11.5 Å². The van der Waals surface area contributed by atoms with Crippen LogP contribution in [0, 0.1) is 5.92 Å². The van der Waals surface area contributed by atoms with Crippen molar-refractivity contribution in [2.45, 2.75) is 11.3 Å². The first-order valence-electron chi connectivity index (χ1n) is 18.5. The first-order valence-corrected chi connectivity index (χ1v) is 18.5. The minimum Gasteiger partial charge on any atom is -0.457 e. The fourth-order valence-electron chi connectivity index (χ4n) is 9.04. The average Bonchev–Trinajstić information content (AvgIpc) is 3.54. The second kappa shape index (κ2) is 12.1. The molecule has 254 valence electrons. The van der Waals surface area contributed by atoms with Gasteiger partial charge in [-0.15, -0.1) is 0 Å². The van der Waals surface area contributed by atoms with E-state index in [0.717, 1.165) is 44.7 Å². The van der Waals surface area contributed by atoms with Gasteiger partial charge in [-0.2, -0.15) is 0 Å². The van der Waals surface area contributed by atoms with Gasteiger partial charge in [-0.05, 0) is 57.3 Å². The largest absolute Gasteiger partial charge is 0.457 e. The van der Waals surface area contributed by atoms with Crippen molar-refractivity contribution in [2.75, 3.05) is 0 Å². The van der Waals surface area contributed by atoms with E-state index < -0.39 is 0 Å². The number of allylic oxidation sites excluding steroid dienone is 4. The average molecular weight is 692 g/mol. The van der Waals surface area contributed by atoms with Crippen LogP contribution in [0.3, 0.4) is 0 Å². The second-order valence-corrected chi connectivity index (χ2v) is 14.3. The van der Waals surface area contributed by atoms with Crippen molar-refractivity contribution in [3.05, 3.63) is 210 Å². The Balaban J connectivity index is 1.03. The molecule has 0 saturated carbocycles. The third-order valence-electron chi connectivity index (χ3n) is 11.5. The summed E-state index contributed by atoms with van der Waals surface area (Å²) in [6, 6.07) is 57.7. The van der Waals surface area contributed by atoms with Gasteiger partial charge in [0.25, 0.3) is 0 Å². The van der Waals surface area contributed by atoms with Gasteiger partial charge >= 0.3 is 0 Å². The van der Waals surface area contributed by atoms with E-state index in [4.69, 9.17) is 19.7 Å². The molecule has 0 fully saturated rings. The number of hydrogen-bond acceptors (Lipinski definition) is 4. The van der Waals surface area contributed by atoms with Crippen molar-refractivity contribution in [2.24, 2.45) is 5.92 Å². The highest BCUT2D eigenvalue weighted by Gasteiger charge is 2.56. The second-order valence-electron chi connectivity index (χ2n) is 14.3. The van der Waals surface area contributed by atoms with E-state index in [1.165, 1.54) is 27.6 Å². The maximum atomic E-state index is 6.68. The highest BCUT2D eigenvalue weighted by molar-refractivity contribution is 5.87. The highest BCUT2D eigenvalue weighted by atomic mass is 16.5.